The highest BCUT2D eigenvalue weighted by atomic mass is 35.5. The van der Waals surface area contributed by atoms with Crippen LogP contribution in [0.15, 0.2) is 55.1 Å². The molecule has 2 aromatic carbocycles. The van der Waals surface area contributed by atoms with Crippen molar-refractivity contribution in [3.8, 4) is 5.75 Å². The third-order valence-corrected chi connectivity index (χ3v) is 7.41. The maximum absolute atomic E-state index is 13.3. The fraction of sp³-hybridized carbons (Fsp3) is 0.407. The van der Waals surface area contributed by atoms with E-state index < -0.39 is 28.8 Å². The van der Waals surface area contributed by atoms with Gasteiger partial charge in [-0.2, -0.15) is 13.2 Å². The van der Waals surface area contributed by atoms with Crippen molar-refractivity contribution >= 4 is 34.8 Å². The Balaban J connectivity index is 1.35. The Morgan fingerprint density at radius 2 is 1.84 bits per heavy atom. The molecular weight excluding hydrogens is 521 g/mol. The van der Waals surface area contributed by atoms with E-state index in [9.17, 15) is 27.9 Å². The normalized spacial score (nSPS) is 20.4. The lowest BCUT2D eigenvalue weighted by atomic mass is 9.82. The molecule has 38 heavy (non-hydrogen) atoms. The number of hydrogen-bond acceptors (Lipinski definition) is 5. The van der Waals surface area contributed by atoms with Crippen molar-refractivity contribution in [2.45, 2.75) is 19.0 Å². The molecule has 7 nitrogen and oxygen atoms in total. The molecule has 2 aliphatic rings. The van der Waals surface area contributed by atoms with Crippen LogP contribution in [0, 0.1) is 5.41 Å². The molecule has 2 aliphatic heterocycles. The largest absolute Gasteiger partial charge is 0.507 e. The van der Waals surface area contributed by atoms with Gasteiger partial charge in [-0.15, -0.1) is 6.58 Å². The van der Waals surface area contributed by atoms with E-state index in [1.54, 1.807) is 6.08 Å². The lowest BCUT2D eigenvalue weighted by Gasteiger charge is -2.37. The van der Waals surface area contributed by atoms with Crippen LogP contribution in [0.3, 0.4) is 0 Å². The first-order chi connectivity index (χ1) is 18.0. The van der Waals surface area contributed by atoms with Crippen LogP contribution in [-0.4, -0.2) is 72.5 Å². The standard InChI is InChI=1S/C27H30ClF3N4O3/c1-2-8-26(25(38)32-20-6-7-23(36)22(16-20)27(29,30)31)9-10-33(18-26)17-24(37)35-13-11-34(12-14-35)21-5-3-4-19(28)15-21/h2-7,15-16,36H,1,8-14,17-18H2,(H,32,38). The van der Waals surface area contributed by atoms with Crippen molar-refractivity contribution < 1.29 is 27.9 Å². The SMILES string of the molecule is C=CCC1(C(=O)Nc2ccc(O)c(C(F)(F)F)c2)CCN(CC(=O)N2CCN(c3cccc(Cl)c3)CC2)C1. The van der Waals surface area contributed by atoms with Gasteiger partial charge in [-0.05, 0) is 55.8 Å². The van der Waals surface area contributed by atoms with E-state index in [0.717, 1.165) is 11.8 Å². The number of rotatable bonds is 7. The summed E-state index contributed by atoms with van der Waals surface area (Å²) in [7, 11) is 0. The molecular formula is C27H30ClF3N4O3. The number of carbonyl (C=O) groups is 2. The van der Waals surface area contributed by atoms with Crippen molar-refractivity contribution in [3.05, 3.63) is 65.7 Å². The summed E-state index contributed by atoms with van der Waals surface area (Å²) in [4.78, 5) is 32.2. The molecule has 2 amide bonds. The first-order valence-corrected chi connectivity index (χ1v) is 12.7. The maximum Gasteiger partial charge on any atom is 0.420 e. The summed E-state index contributed by atoms with van der Waals surface area (Å²) >= 11 is 6.10. The van der Waals surface area contributed by atoms with Crippen molar-refractivity contribution in [3.63, 3.8) is 0 Å². The number of amides is 2. The topological polar surface area (TPSA) is 76.1 Å². The maximum atomic E-state index is 13.3. The van der Waals surface area contributed by atoms with Crippen LogP contribution in [0.4, 0.5) is 24.5 Å². The van der Waals surface area contributed by atoms with Gasteiger partial charge in [-0.1, -0.05) is 23.7 Å². The first kappa shape index (κ1) is 27.8. The zero-order chi connectivity index (χ0) is 27.5. The predicted molar refractivity (Wildman–Crippen MR) is 140 cm³/mol. The number of halogens is 4. The molecule has 1 unspecified atom stereocenters. The number of nitrogens with zero attached hydrogens (tertiary/aromatic N) is 3. The van der Waals surface area contributed by atoms with Gasteiger partial charge in [0.25, 0.3) is 0 Å². The van der Waals surface area contributed by atoms with Crippen LogP contribution >= 0.6 is 11.6 Å². The number of phenols is 1. The Morgan fingerprint density at radius 3 is 2.50 bits per heavy atom. The predicted octanol–water partition coefficient (Wildman–Crippen LogP) is 4.62. The summed E-state index contributed by atoms with van der Waals surface area (Å²) in [5, 5.41) is 12.8. The van der Waals surface area contributed by atoms with Gasteiger partial charge < -0.3 is 20.2 Å². The molecule has 2 aromatic rings. The fourth-order valence-corrected chi connectivity index (χ4v) is 5.28. The second kappa shape index (κ2) is 11.2. The van der Waals surface area contributed by atoms with Gasteiger partial charge in [-0.3, -0.25) is 14.5 Å². The van der Waals surface area contributed by atoms with Gasteiger partial charge in [-0.25, -0.2) is 0 Å². The second-order valence-electron chi connectivity index (χ2n) is 9.77. The molecule has 0 spiro atoms. The van der Waals surface area contributed by atoms with Gasteiger partial charge in [0.1, 0.15) is 5.75 Å². The lowest BCUT2D eigenvalue weighted by Crippen LogP contribution is -2.51. The van der Waals surface area contributed by atoms with E-state index in [2.05, 4.69) is 16.8 Å². The van der Waals surface area contributed by atoms with E-state index in [4.69, 9.17) is 11.6 Å². The smallest absolute Gasteiger partial charge is 0.420 e. The van der Waals surface area contributed by atoms with Crippen LogP contribution < -0.4 is 10.2 Å². The van der Waals surface area contributed by atoms with Gasteiger partial charge in [0.05, 0.1) is 17.5 Å². The van der Waals surface area contributed by atoms with E-state index in [1.807, 2.05) is 34.1 Å². The summed E-state index contributed by atoms with van der Waals surface area (Å²) in [6, 6.07) is 10.4. The minimum atomic E-state index is -4.76. The summed E-state index contributed by atoms with van der Waals surface area (Å²) in [6.07, 6.45) is -2.40. The minimum Gasteiger partial charge on any atom is -0.507 e. The monoisotopic (exact) mass is 550 g/mol. The second-order valence-corrected chi connectivity index (χ2v) is 10.2. The molecule has 2 saturated heterocycles. The van der Waals surface area contributed by atoms with E-state index in [1.165, 1.54) is 6.07 Å². The fourth-order valence-electron chi connectivity index (χ4n) is 5.10. The van der Waals surface area contributed by atoms with Gasteiger partial charge in [0.15, 0.2) is 0 Å². The Kier molecular flexibility index (Phi) is 8.22. The third kappa shape index (κ3) is 6.24. The van der Waals surface area contributed by atoms with Crippen LogP contribution in [0.5, 0.6) is 5.75 Å². The Hall–Kier alpha value is -3.24. The zero-order valence-electron chi connectivity index (χ0n) is 20.8. The molecule has 204 valence electrons. The van der Waals surface area contributed by atoms with Gasteiger partial charge >= 0.3 is 6.18 Å². The summed E-state index contributed by atoms with van der Waals surface area (Å²) in [5.41, 5.74) is -1.19. The number of nitrogens with one attached hydrogen (secondary N) is 1. The summed E-state index contributed by atoms with van der Waals surface area (Å²) in [6.45, 7) is 7.18. The van der Waals surface area contributed by atoms with Gasteiger partial charge in [0, 0.05) is 49.1 Å². The number of likely N-dealkylation sites (tertiary alicyclic amines) is 1. The average Bonchev–Trinajstić information content (AvgIpc) is 3.28. The van der Waals surface area contributed by atoms with E-state index >= 15 is 0 Å². The zero-order valence-corrected chi connectivity index (χ0v) is 21.6. The molecule has 2 fully saturated rings. The van der Waals surface area contributed by atoms with Crippen molar-refractivity contribution in [2.24, 2.45) is 5.41 Å². The molecule has 0 radical (unpaired) electrons. The summed E-state index contributed by atoms with van der Waals surface area (Å²) < 4.78 is 39.5. The summed E-state index contributed by atoms with van der Waals surface area (Å²) in [5.74, 6) is -1.38. The van der Waals surface area contributed by atoms with Crippen molar-refractivity contribution in [2.75, 3.05) is 56.0 Å². The van der Waals surface area contributed by atoms with Crippen molar-refractivity contribution in [1.29, 1.82) is 0 Å². The van der Waals surface area contributed by atoms with Crippen LogP contribution in [0.2, 0.25) is 5.02 Å². The number of hydrogen-bond donors (Lipinski definition) is 2. The minimum absolute atomic E-state index is 0.0288. The number of allylic oxidation sites excluding steroid dienone is 1. The van der Waals surface area contributed by atoms with E-state index in [0.29, 0.717) is 56.7 Å². The molecule has 2 heterocycles. The number of alkyl halides is 3. The highest BCUT2D eigenvalue weighted by Gasteiger charge is 2.44. The quantitative estimate of drug-likeness (QED) is 0.389. The lowest BCUT2D eigenvalue weighted by molar-refractivity contribution is -0.138. The molecule has 4 rings (SSSR count). The van der Waals surface area contributed by atoms with Crippen LogP contribution in [-0.2, 0) is 15.8 Å². The number of carbonyl (C=O) groups excluding carboxylic acids is 2. The molecule has 0 bridgehead atoms. The number of anilines is 2. The third-order valence-electron chi connectivity index (χ3n) is 7.17. The molecule has 0 aliphatic carbocycles. The number of phenolic OH excluding ortho intramolecular Hbond substituents is 1. The number of piperazine rings is 1. The first-order valence-electron chi connectivity index (χ1n) is 12.3. The molecule has 1 atom stereocenters. The molecule has 0 aromatic heterocycles. The average molecular weight is 551 g/mol. The Labute approximate surface area is 224 Å². The highest BCUT2D eigenvalue weighted by molar-refractivity contribution is 6.30. The highest BCUT2D eigenvalue weighted by Crippen LogP contribution is 2.39. The molecule has 2 N–H and O–H groups in total. The number of benzene rings is 2. The van der Waals surface area contributed by atoms with Crippen molar-refractivity contribution in [1.82, 2.24) is 9.80 Å². The van der Waals surface area contributed by atoms with Gasteiger partial charge in [0.2, 0.25) is 11.8 Å². The Bertz CT molecular complexity index is 1200. The molecule has 0 saturated carbocycles. The van der Waals surface area contributed by atoms with Crippen LogP contribution in [0.1, 0.15) is 18.4 Å². The van der Waals surface area contributed by atoms with Crippen LogP contribution in [0.25, 0.3) is 0 Å². The molecule has 11 heteroatoms. The van der Waals surface area contributed by atoms with E-state index in [-0.39, 0.29) is 24.7 Å². The Morgan fingerprint density at radius 1 is 1.11 bits per heavy atom. The number of aromatic hydroxyl groups is 1.